The number of alkyl halides is 3. The Labute approximate surface area is 262 Å². The monoisotopic (exact) mass is 653 g/mol. The van der Waals surface area contributed by atoms with Crippen molar-refractivity contribution in [2.24, 2.45) is 7.05 Å². The van der Waals surface area contributed by atoms with Crippen molar-refractivity contribution in [3.05, 3.63) is 71.1 Å². The van der Waals surface area contributed by atoms with Crippen LogP contribution in [0, 0.1) is 18.6 Å². The van der Waals surface area contributed by atoms with Crippen molar-refractivity contribution in [3.63, 3.8) is 0 Å². The Kier molecular flexibility index (Phi) is 10.4. The summed E-state index contributed by atoms with van der Waals surface area (Å²) in [4.78, 5) is 24.2. The summed E-state index contributed by atoms with van der Waals surface area (Å²) in [7, 11) is 5.25. The molecule has 0 bridgehead atoms. The second-order valence-electron chi connectivity index (χ2n) is 11.4. The van der Waals surface area contributed by atoms with E-state index in [2.05, 4.69) is 38.8 Å². The molecule has 1 aromatic heterocycles. The van der Waals surface area contributed by atoms with Gasteiger partial charge < -0.3 is 25.2 Å². The minimum atomic E-state index is -5.08. The maximum absolute atomic E-state index is 13.6. The Bertz CT molecular complexity index is 1560. The molecule has 46 heavy (non-hydrogen) atoms. The number of carbonyl (C=O) groups is 2. The first kappa shape index (κ1) is 34.5. The lowest BCUT2D eigenvalue weighted by atomic mass is 9.65. The van der Waals surface area contributed by atoms with Crippen molar-refractivity contribution in [3.8, 4) is 11.5 Å². The normalized spacial score (nSPS) is 21.1. The molecular weight excluding hydrogens is 617 g/mol. The zero-order valence-corrected chi connectivity index (χ0v) is 25.8. The van der Waals surface area contributed by atoms with Crippen LogP contribution in [0.2, 0.25) is 0 Å². The van der Waals surface area contributed by atoms with Crippen LogP contribution in [0.15, 0.2) is 42.5 Å². The van der Waals surface area contributed by atoms with E-state index in [1.807, 2.05) is 24.7 Å². The summed E-state index contributed by atoms with van der Waals surface area (Å²) >= 11 is 0. The number of halogens is 5. The Morgan fingerprint density at radius 1 is 1.04 bits per heavy atom. The van der Waals surface area contributed by atoms with Crippen molar-refractivity contribution >= 4 is 17.7 Å². The van der Waals surface area contributed by atoms with E-state index in [0.717, 1.165) is 62.3 Å². The Morgan fingerprint density at radius 3 is 2.33 bits per heavy atom. The van der Waals surface area contributed by atoms with Gasteiger partial charge in [0.15, 0.2) is 23.1 Å². The highest BCUT2D eigenvalue weighted by molar-refractivity contribution is 5.89. The number of nitrogens with one attached hydrogen (secondary N) is 2. The van der Waals surface area contributed by atoms with E-state index in [1.54, 1.807) is 14.2 Å². The number of aromatic nitrogens is 2. The summed E-state index contributed by atoms with van der Waals surface area (Å²) in [6.07, 6.45) is -1.69. The molecule has 1 aliphatic heterocycles. The second-order valence-corrected chi connectivity index (χ2v) is 11.4. The van der Waals surface area contributed by atoms with Crippen molar-refractivity contribution in [2.75, 3.05) is 26.1 Å². The predicted molar refractivity (Wildman–Crippen MR) is 158 cm³/mol. The number of anilines is 1. The van der Waals surface area contributed by atoms with Gasteiger partial charge in [0.1, 0.15) is 0 Å². The number of methoxy groups -OCH3 is 2. The van der Waals surface area contributed by atoms with Gasteiger partial charge in [0.05, 0.1) is 25.6 Å². The molecule has 5 rings (SSSR count). The lowest BCUT2D eigenvalue weighted by molar-refractivity contribution is -0.192. The molecule has 3 N–H and O–H groups in total. The number of benzene rings is 2. The summed E-state index contributed by atoms with van der Waals surface area (Å²) in [5.41, 5.74) is 3.42. The summed E-state index contributed by atoms with van der Waals surface area (Å²) in [6.45, 7) is 3.66. The van der Waals surface area contributed by atoms with Gasteiger partial charge in [-0.05, 0) is 75.0 Å². The summed E-state index contributed by atoms with van der Waals surface area (Å²) in [6, 6.07) is 11.3. The molecule has 3 unspecified atom stereocenters. The maximum Gasteiger partial charge on any atom is 0.490 e. The van der Waals surface area contributed by atoms with Gasteiger partial charge in [0.25, 0.3) is 0 Å². The minimum absolute atomic E-state index is 0.0811. The molecule has 2 fully saturated rings. The molecule has 1 aliphatic carbocycles. The fourth-order valence-corrected chi connectivity index (χ4v) is 6.39. The predicted octanol–water partition coefficient (Wildman–Crippen LogP) is 5.54. The van der Waals surface area contributed by atoms with Crippen LogP contribution in [0.5, 0.6) is 11.5 Å². The fourth-order valence-electron chi connectivity index (χ4n) is 6.39. The van der Waals surface area contributed by atoms with Crippen LogP contribution in [0.25, 0.3) is 0 Å². The molecule has 3 aromatic rings. The largest absolute Gasteiger partial charge is 0.493 e. The van der Waals surface area contributed by atoms with E-state index in [1.165, 1.54) is 11.6 Å². The van der Waals surface area contributed by atoms with Crippen LogP contribution in [0.4, 0.5) is 32.4 Å². The van der Waals surface area contributed by atoms with E-state index in [4.69, 9.17) is 19.4 Å². The van der Waals surface area contributed by atoms with Crippen LogP contribution < -0.4 is 20.1 Å². The average Bonchev–Trinajstić information content (AvgIpc) is 3.52. The summed E-state index contributed by atoms with van der Waals surface area (Å²) < 4.78 is 71.7. The number of amides is 2. The third kappa shape index (κ3) is 7.69. The zero-order valence-electron chi connectivity index (χ0n) is 25.8. The van der Waals surface area contributed by atoms with Crippen LogP contribution in [-0.4, -0.2) is 70.8 Å². The Hall–Kier alpha value is -4.40. The van der Waals surface area contributed by atoms with Crippen molar-refractivity contribution < 1.29 is 46.1 Å². The Balaban J connectivity index is 0.000000617. The van der Waals surface area contributed by atoms with Gasteiger partial charge in [-0.3, -0.25) is 9.58 Å². The highest BCUT2D eigenvalue weighted by atomic mass is 19.4. The molecule has 0 spiro atoms. The first-order valence-corrected chi connectivity index (χ1v) is 14.5. The molecule has 250 valence electrons. The smallest absolute Gasteiger partial charge is 0.490 e. The highest BCUT2D eigenvalue weighted by Crippen LogP contribution is 2.50. The van der Waals surface area contributed by atoms with E-state index >= 15 is 0 Å². The summed E-state index contributed by atoms with van der Waals surface area (Å²) in [5.74, 6) is -3.32. The quantitative estimate of drug-likeness (QED) is 0.287. The standard InChI is InChI=1S/C29H35F2N5O3.C2HF3O2/c1-18-13-22(35(2)34-18)17-36-12-11-29(19-5-8-25(38-3)26(14-19)39-4)10-9-21(16-27(29)36)33-28(37)32-20-6-7-23(30)24(31)15-20;3-2(4,5)1(6)7/h5-8,13-15,21,27H,9-12,16-17H2,1-4H3,(H2,32,33,37);(H,6,7). The number of carboxylic acid groups (broad SMARTS) is 1. The summed E-state index contributed by atoms with van der Waals surface area (Å²) in [5, 5.41) is 17.4. The van der Waals surface area contributed by atoms with Gasteiger partial charge in [-0.15, -0.1) is 0 Å². The van der Waals surface area contributed by atoms with Crippen LogP contribution in [-0.2, 0) is 23.8 Å². The maximum atomic E-state index is 13.6. The number of hydrogen-bond acceptors (Lipinski definition) is 6. The lowest BCUT2D eigenvalue weighted by Gasteiger charge is -2.45. The number of likely N-dealkylation sites (tertiary alicyclic amines) is 1. The van der Waals surface area contributed by atoms with E-state index in [-0.39, 0.29) is 23.2 Å². The number of ether oxygens (including phenoxy) is 2. The first-order chi connectivity index (χ1) is 21.7. The number of rotatable bonds is 7. The number of hydrogen-bond donors (Lipinski definition) is 3. The van der Waals surface area contributed by atoms with Crippen LogP contribution >= 0.6 is 0 Å². The van der Waals surface area contributed by atoms with Crippen molar-refractivity contribution in [2.45, 2.75) is 62.8 Å². The molecule has 2 aromatic carbocycles. The number of nitrogens with zero attached hydrogens (tertiary/aromatic N) is 3. The third-order valence-corrected chi connectivity index (χ3v) is 8.55. The van der Waals surface area contributed by atoms with Gasteiger partial charge in [-0.1, -0.05) is 6.07 Å². The molecule has 10 nitrogen and oxygen atoms in total. The topological polar surface area (TPSA) is 118 Å². The van der Waals surface area contributed by atoms with Gasteiger partial charge in [0.2, 0.25) is 0 Å². The zero-order chi connectivity index (χ0) is 33.8. The van der Waals surface area contributed by atoms with E-state index in [9.17, 15) is 26.7 Å². The second kappa shape index (κ2) is 13.9. The number of fused-ring (bicyclic) bond motifs is 1. The van der Waals surface area contributed by atoms with Crippen LogP contribution in [0.3, 0.4) is 0 Å². The van der Waals surface area contributed by atoms with Gasteiger partial charge >= 0.3 is 18.2 Å². The molecular formula is C31H36F5N5O5. The molecule has 15 heteroatoms. The molecule has 3 atom stereocenters. The molecule has 1 saturated carbocycles. The first-order valence-electron chi connectivity index (χ1n) is 14.5. The van der Waals surface area contributed by atoms with Gasteiger partial charge in [-0.25, -0.2) is 18.4 Å². The highest BCUT2D eigenvalue weighted by Gasteiger charge is 2.52. The fraction of sp³-hybridized carbons (Fsp3) is 0.452. The Morgan fingerprint density at radius 2 is 1.74 bits per heavy atom. The van der Waals surface area contributed by atoms with Gasteiger partial charge in [0, 0.05) is 42.8 Å². The van der Waals surface area contributed by atoms with Gasteiger partial charge in [-0.2, -0.15) is 18.3 Å². The number of urea groups is 1. The molecule has 2 amide bonds. The van der Waals surface area contributed by atoms with Crippen molar-refractivity contribution in [1.82, 2.24) is 20.0 Å². The lowest BCUT2D eigenvalue weighted by Crippen LogP contribution is -2.52. The number of carboxylic acids is 1. The average molecular weight is 654 g/mol. The van der Waals surface area contributed by atoms with E-state index in [0.29, 0.717) is 11.5 Å². The number of aliphatic carboxylic acids is 1. The molecule has 0 radical (unpaired) electrons. The van der Waals surface area contributed by atoms with Crippen molar-refractivity contribution in [1.29, 1.82) is 0 Å². The minimum Gasteiger partial charge on any atom is -0.493 e. The number of carbonyl (C=O) groups excluding carboxylic acids is 1. The molecule has 2 aliphatic rings. The third-order valence-electron chi connectivity index (χ3n) is 8.55. The molecule has 2 heterocycles. The van der Waals surface area contributed by atoms with Crippen LogP contribution in [0.1, 0.15) is 42.6 Å². The van der Waals surface area contributed by atoms with E-state index < -0.39 is 29.8 Å². The molecule has 1 saturated heterocycles. The SMILES string of the molecule is COc1ccc(C23CCC(NC(=O)Nc4ccc(F)c(F)c4)CC2N(Cc2cc(C)nn2C)CC3)cc1OC.O=C(O)C(F)(F)F. The number of aryl methyl sites for hydroxylation is 2.